The lowest BCUT2D eigenvalue weighted by Crippen LogP contribution is -2.31. The Morgan fingerprint density at radius 1 is 1.53 bits per heavy atom. The Bertz CT molecular complexity index is 232. The predicted molar refractivity (Wildman–Crippen MR) is 51.3 cm³/mol. The number of hydrogen-bond acceptors (Lipinski definition) is 4. The van der Waals surface area contributed by atoms with Gasteiger partial charge in [0, 0.05) is 6.61 Å². The van der Waals surface area contributed by atoms with Crippen LogP contribution < -0.4 is 0 Å². The fraction of sp³-hybridized carbons (Fsp3) is 0.800. The van der Waals surface area contributed by atoms with Gasteiger partial charge in [-0.1, -0.05) is 0 Å². The predicted octanol–water partition coefficient (Wildman–Crippen LogP) is 0.819. The van der Waals surface area contributed by atoms with Gasteiger partial charge in [-0.15, -0.1) is 0 Å². The van der Waals surface area contributed by atoms with Gasteiger partial charge < -0.3 is 14.6 Å². The second kappa shape index (κ2) is 5.70. The van der Waals surface area contributed by atoms with Gasteiger partial charge in [0.2, 0.25) is 0 Å². The molecule has 0 amide bonds. The van der Waals surface area contributed by atoms with Crippen LogP contribution in [-0.2, 0) is 19.1 Å². The van der Waals surface area contributed by atoms with Crippen LogP contribution in [0.25, 0.3) is 0 Å². The number of ether oxygens (including phenoxy) is 2. The van der Waals surface area contributed by atoms with E-state index >= 15 is 0 Å². The summed E-state index contributed by atoms with van der Waals surface area (Å²) in [5.74, 6) is -2.94. The molecule has 15 heavy (non-hydrogen) atoms. The Morgan fingerprint density at radius 2 is 2.27 bits per heavy atom. The molecule has 1 N–H and O–H groups in total. The highest BCUT2D eigenvalue weighted by Gasteiger charge is 2.31. The average Bonchev–Trinajstić information content (AvgIpc) is 2.26. The van der Waals surface area contributed by atoms with E-state index in [0.717, 1.165) is 19.3 Å². The molecule has 2 atom stereocenters. The summed E-state index contributed by atoms with van der Waals surface area (Å²) in [6.45, 7) is 0.651. The summed E-state index contributed by atoms with van der Waals surface area (Å²) in [6, 6.07) is 0. The van der Waals surface area contributed by atoms with Gasteiger partial charge in [0.1, 0.15) is 0 Å². The molecule has 0 spiro atoms. The summed E-state index contributed by atoms with van der Waals surface area (Å²) in [7, 11) is 1.19. The van der Waals surface area contributed by atoms with E-state index in [1.807, 2.05) is 0 Å². The van der Waals surface area contributed by atoms with Crippen LogP contribution in [0, 0.1) is 5.92 Å². The first-order valence-corrected chi connectivity index (χ1v) is 5.07. The molecule has 2 unspecified atom stereocenters. The number of rotatable bonds is 4. The van der Waals surface area contributed by atoms with Crippen LogP contribution in [0.15, 0.2) is 0 Å². The number of esters is 1. The third-order valence-electron chi connectivity index (χ3n) is 2.56. The van der Waals surface area contributed by atoms with E-state index in [2.05, 4.69) is 4.74 Å². The molecule has 0 aliphatic carbocycles. The fourth-order valence-electron chi connectivity index (χ4n) is 1.70. The van der Waals surface area contributed by atoms with E-state index in [1.165, 1.54) is 7.11 Å². The van der Waals surface area contributed by atoms with Gasteiger partial charge in [-0.05, 0) is 25.7 Å². The van der Waals surface area contributed by atoms with Crippen LogP contribution in [0.2, 0.25) is 0 Å². The van der Waals surface area contributed by atoms with E-state index in [9.17, 15) is 9.59 Å². The SMILES string of the molecule is COC(=O)C(CC1CCCCO1)C(=O)O. The Balaban J connectivity index is 2.49. The molecule has 1 rings (SSSR count). The molecule has 86 valence electrons. The third-order valence-corrected chi connectivity index (χ3v) is 2.56. The molecule has 0 aromatic rings. The molecule has 1 aliphatic heterocycles. The number of hydrogen-bond donors (Lipinski definition) is 1. The molecular formula is C10H16O5. The molecule has 1 heterocycles. The summed E-state index contributed by atoms with van der Waals surface area (Å²) in [5, 5.41) is 8.85. The fourth-order valence-corrected chi connectivity index (χ4v) is 1.70. The average molecular weight is 216 g/mol. The standard InChI is InChI=1S/C10H16O5/c1-14-10(13)8(9(11)12)6-7-4-2-3-5-15-7/h7-8H,2-6H2,1H3,(H,11,12). The summed E-state index contributed by atoms with van der Waals surface area (Å²) in [4.78, 5) is 22.0. The van der Waals surface area contributed by atoms with E-state index in [-0.39, 0.29) is 12.5 Å². The van der Waals surface area contributed by atoms with E-state index < -0.39 is 17.9 Å². The number of carbonyl (C=O) groups excluding carboxylic acids is 1. The monoisotopic (exact) mass is 216 g/mol. The van der Waals surface area contributed by atoms with Gasteiger partial charge in [0.15, 0.2) is 5.92 Å². The molecule has 0 saturated carbocycles. The maximum absolute atomic E-state index is 11.2. The maximum Gasteiger partial charge on any atom is 0.320 e. The smallest absolute Gasteiger partial charge is 0.320 e. The van der Waals surface area contributed by atoms with Crippen LogP contribution in [0.1, 0.15) is 25.7 Å². The van der Waals surface area contributed by atoms with Crippen molar-refractivity contribution in [1.29, 1.82) is 0 Å². The zero-order chi connectivity index (χ0) is 11.3. The van der Waals surface area contributed by atoms with Crippen LogP contribution in [0.5, 0.6) is 0 Å². The maximum atomic E-state index is 11.2. The largest absolute Gasteiger partial charge is 0.481 e. The highest BCUT2D eigenvalue weighted by atomic mass is 16.5. The lowest BCUT2D eigenvalue weighted by Gasteiger charge is -2.24. The molecule has 5 heteroatoms. The second-order valence-electron chi connectivity index (χ2n) is 3.64. The van der Waals surface area contributed by atoms with Crippen molar-refractivity contribution in [2.24, 2.45) is 5.92 Å². The van der Waals surface area contributed by atoms with Crippen LogP contribution in [-0.4, -0.2) is 36.9 Å². The Labute approximate surface area is 88.4 Å². The zero-order valence-corrected chi connectivity index (χ0v) is 8.77. The first-order valence-electron chi connectivity index (χ1n) is 5.07. The lowest BCUT2D eigenvalue weighted by molar-refractivity contribution is -0.159. The van der Waals surface area contributed by atoms with E-state index in [4.69, 9.17) is 9.84 Å². The summed E-state index contributed by atoms with van der Waals surface area (Å²) in [6.07, 6.45) is 2.94. The molecule has 0 aromatic heterocycles. The quantitative estimate of drug-likeness (QED) is 0.556. The van der Waals surface area contributed by atoms with Crippen LogP contribution >= 0.6 is 0 Å². The normalized spacial score (nSPS) is 23.1. The van der Waals surface area contributed by atoms with Crippen molar-refractivity contribution < 1.29 is 24.2 Å². The minimum Gasteiger partial charge on any atom is -0.481 e. The number of carboxylic acids is 1. The van der Waals surface area contributed by atoms with E-state index in [0.29, 0.717) is 6.61 Å². The van der Waals surface area contributed by atoms with Gasteiger partial charge in [0.05, 0.1) is 13.2 Å². The highest BCUT2D eigenvalue weighted by Crippen LogP contribution is 2.20. The molecule has 1 aliphatic rings. The van der Waals surface area contributed by atoms with Crippen LogP contribution in [0.3, 0.4) is 0 Å². The Morgan fingerprint density at radius 3 is 2.73 bits per heavy atom. The van der Waals surface area contributed by atoms with Crippen molar-refractivity contribution in [3.63, 3.8) is 0 Å². The van der Waals surface area contributed by atoms with Gasteiger partial charge in [0.25, 0.3) is 0 Å². The van der Waals surface area contributed by atoms with Crippen molar-refractivity contribution in [2.45, 2.75) is 31.8 Å². The summed E-state index contributed by atoms with van der Waals surface area (Å²) in [5.41, 5.74) is 0. The molecule has 0 radical (unpaired) electrons. The Hall–Kier alpha value is -1.10. The first-order chi connectivity index (χ1) is 7.15. The van der Waals surface area contributed by atoms with Crippen molar-refractivity contribution in [1.82, 2.24) is 0 Å². The van der Waals surface area contributed by atoms with Gasteiger partial charge >= 0.3 is 11.9 Å². The first kappa shape index (κ1) is 12.0. The molecule has 1 fully saturated rings. The van der Waals surface area contributed by atoms with Crippen molar-refractivity contribution in [3.8, 4) is 0 Å². The second-order valence-corrected chi connectivity index (χ2v) is 3.64. The number of aliphatic carboxylic acids is 1. The Kier molecular flexibility index (Phi) is 4.55. The summed E-state index contributed by atoms with van der Waals surface area (Å²) >= 11 is 0. The molecule has 0 bridgehead atoms. The van der Waals surface area contributed by atoms with Gasteiger partial charge in [-0.2, -0.15) is 0 Å². The number of methoxy groups -OCH3 is 1. The van der Waals surface area contributed by atoms with Crippen LogP contribution in [0.4, 0.5) is 0 Å². The molecule has 1 saturated heterocycles. The molecular weight excluding hydrogens is 200 g/mol. The van der Waals surface area contributed by atoms with Crippen molar-refractivity contribution in [2.75, 3.05) is 13.7 Å². The summed E-state index contributed by atoms with van der Waals surface area (Å²) < 4.78 is 9.82. The van der Waals surface area contributed by atoms with E-state index in [1.54, 1.807) is 0 Å². The minimum atomic E-state index is -1.14. The minimum absolute atomic E-state index is 0.126. The van der Waals surface area contributed by atoms with Gasteiger partial charge in [-0.25, -0.2) is 0 Å². The third kappa shape index (κ3) is 3.51. The lowest BCUT2D eigenvalue weighted by atomic mass is 9.97. The molecule has 5 nitrogen and oxygen atoms in total. The topological polar surface area (TPSA) is 72.8 Å². The zero-order valence-electron chi connectivity index (χ0n) is 8.77. The highest BCUT2D eigenvalue weighted by molar-refractivity contribution is 5.93. The number of carbonyl (C=O) groups is 2. The van der Waals surface area contributed by atoms with Gasteiger partial charge in [-0.3, -0.25) is 9.59 Å². The molecule has 0 aromatic carbocycles. The van der Waals surface area contributed by atoms with Crippen molar-refractivity contribution in [3.05, 3.63) is 0 Å². The number of carboxylic acid groups (broad SMARTS) is 1. The van der Waals surface area contributed by atoms with Crippen molar-refractivity contribution >= 4 is 11.9 Å².